The molecule has 1 aromatic carbocycles. The van der Waals surface area contributed by atoms with Crippen LogP contribution in [0.1, 0.15) is 19.3 Å². The second-order valence-electron chi connectivity index (χ2n) is 8.30. The minimum absolute atomic E-state index is 0.00254. The number of aromatic nitrogens is 4. The van der Waals surface area contributed by atoms with Crippen LogP contribution in [0.4, 0.5) is 5.82 Å². The third-order valence-corrected chi connectivity index (χ3v) is 6.94. The number of carbonyl (C=O) groups is 1. The van der Waals surface area contributed by atoms with Crippen molar-refractivity contribution in [2.24, 2.45) is 5.92 Å². The standard InChI is InChI=1S/C22H28N6O4S/c1-26(11-4-14-32-18-5-3-6-19(15-18)33(2,30)31)22(29)17-9-12-27(13-10-17)21-8-7-20-24-23-16-28(20)25-21/h3,5-8,15-17H,4,9-14H2,1-2H3. The van der Waals surface area contributed by atoms with Crippen LogP contribution in [0.15, 0.2) is 47.6 Å². The Hall–Kier alpha value is -3.21. The van der Waals surface area contributed by atoms with Crippen LogP contribution in [-0.4, -0.2) is 78.6 Å². The zero-order valence-electron chi connectivity index (χ0n) is 18.8. The Morgan fingerprint density at radius 1 is 1.21 bits per heavy atom. The van der Waals surface area contributed by atoms with Crippen LogP contribution in [0.25, 0.3) is 5.65 Å². The molecule has 1 amide bonds. The summed E-state index contributed by atoms with van der Waals surface area (Å²) >= 11 is 0. The molecule has 4 rings (SSSR count). The molecule has 33 heavy (non-hydrogen) atoms. The number of rotatable bonds is 8. The first-order valence-electron chi connectivity index (χ1n) is 10.9. The normalized spacial score (nSPS) is 15.0. The highest BCUT2D eigenvalue weighted by molar-refractivity contribution is 7.90. The number of ether oxygens (including phenoxy) is 1. The lowest BCUT2D eigenvalue weighted by Crippen LogP contribution is -2.42. The van der Waals surface area contributed by atoms with E-state index in [1.165, 1.54) is 12.3 Å². The van der Waals surface area contributed by atoms with E-state index in [2.05, 4.69) is 20.2 Å². The third-order valence-electron chi connectivity index (χ3n) is 5.83. The highest BCUT2D eigenvalue weighted by Crippen LogP contribution is 2.23. The Morgan fingerprint density at radius 2 is 2.00 bits per heavy atom. The first-order valence-corrected chi connectivity index (χ1v) is 12.8. The van der Waals surface area contributed by atoms with Crippen LogP contribution in [0.2, 0.25) is 0 Å². The summed E-state index contributed by atoms with van der Waals surface area (Å²) in [4.78, 5) is 17.0. The lowest BCUT2D eigenvalue weighted by Gasteiger charge is -2.33. The molecule has 0 N–H and O–H groups in total. The van der Waals surface area contributed by atoms with Gasteiger partial charge in [-0.2, -0.15) is 4.52 Å². The van der Waals surface area contributed by atoms with Gasteiger partial charge in [0.25, 0.3) is 0 Å². The van der Waals surface area contributed by atoms with Crippen molar-refractivity contribution in [2.45, 2.75) is 24.2 Å². The number of carbonyl (C=O) groups excluding carboxylic acids is 1. The molecule has 1 fully saturated rings. The first-order chi connectivity index (χ1) is 15.8. The van der Waals surface area contributed by atoms with Gasteiger partial charge in [-0.1, -0.05) is 6.07 Å². The Labute approximate surface area is 193 Å². The molecule has 0 unspecified atom stereocenters. The largest absolute Gasteiger partial charge is 0.493 e. The summed E-state index contributed by atoms with van der Waals surface area (Å²) in [6.45, 7) is 2.52. The van der Waals surface area contributed by atoms with Crippen molar-refractivity contribution in [1.29, 1.82) is 0 Å². The average molecular weight is 473 g/mol. The number of sulfone groups is 1. The van der Waals surface area contributed by atoms with Gasteiger partial charge in [0.15, 0.2) is 15.5 Å². The summed E-state index contributed by atoms with van der Waals surface area (Å²) < 4.78 is 30.6. The van der Waals surface area contributed by atoms with Gasteiger partial charge in [-0.15, -0.1) is 15.3 Å². The topological polar surface area (TPSA) is 110 Å². The predicted octanol–water partition coefficient (Wildman–Crippen LogP) is 1.67. The summed E-state index contributed by atoms with van der Waals surface area (Å²) in [6.07, 6.45) is 4.96. The van der Waals surface area contributed by atoms with Crippen LogP contribution < -0.4 is 9.64 Å². The maximum absolute atomic E-state index is 12.9. The summed E-state index contributed by atoms with van der Waals surface area (Å²) in [5.41, 5.74) is 0.706. The number of hydrogen-bond acceptors (Lipinski definition) is 8. The fourth-order valence-corrected chi connectivity index (χ4v) is 4.61. The van der Waals surface area contributed by atoms with Gasteiger partial charge in [0.05, 0.1) is 11.5 Å². The maximum atomic E-state index is 12.9. The van der Waals surface area contributed by atoms with Crippen molar-refractivity contribution < 1.29 is 17.9 Å². The Bertz CT molecular complexity index is 1220. The SMILES string of the molecule is CN(CCCOc1cccc(S(C)(=O)=O)c1)C(=O)C1CCN(c2ccc3nncn3n2)CC1. The molecule has 0 radical (unpaired) electrons. The number of nitrogens with zero attached hydrogens (tertiary/aromatic N) is 6. The van der Waals surface area contributed by atoms with Crippen molar-refractivity contribution in [3.8, 4) is 5.75 Å². The molecular formula is C22H28N6O4S. The van der Waals surface area contributed by atoms with E-state index in [-0.39, 0.29) is 16.7 Å². The van der Waals surface area contributed by atoms with Crippen LogP contribution in [0.3, 0.4) is 0 Å². The number of hydrogen-bond donors (Lipinski definition) is 0. The van der Waals surface area contributed by atoms with Gasteiger partial charge in [0.2, 0.25) is 5.91 Å². The zero-order chi connectivity index (χ0) is 23.4. The molecular weight excluding hydrogens is 444 g/mol. The monoisotopic (exact) mass is 472 g/mol. The van der Waals surface area contributed by atoms with E-state index in [1.54, 1.807) is 33.9 Å². The molecule has 2 aromatic heterocycles. The van der Waals surface area contributed by atoms with Gasteiger partial charge in [0, 0.05) is 38.9 Å². The highest BCUT2D eigenvalue weighted by atomic mass is 32.2. The fourth-order valence-electron chi connectivity index (χ4n) is 3.95. The average Bonchev–Trinajstić information content (AvgIpc) is 3.29. The van der Waals surface area contributed by atoms with Crippen molar-refractivity contribution in [1.82, 2.24) is 24.7 Å². The molecule has 0 saturated carbocycles. The van der Waals surface area contributed by atoms with Crippen molar-refractivity contribution >= 4 is 27.2 Å². The van der Waals surface area contributed by atoms with Crippen molar-refractivity contribution in [2.75, 3.05) is 44.4 Å². The fraction of sp³-hybridized carbons (Fsp3) is 0.455. The van der Waals surface area contributed by atoms with Gasteiger partial charge in [-0.3, -0.25) is 4.79 Å². The smallest absolute Gasteiger partial charge is 0.225 e. The van der Waals surface area contributed by atoms with Crippen LogP contribution >= 0.6 is 0 Å². The van der Waals surface area contributed by atoms with E-state index in [0.717, 1.165) is 31.7 Å². The van der Waals surface area contributed by atoms with Crippen LogP contribution in [0.5, 0.6) is 5.75 Å². The van der Waals surface area contributed by atoms with Crippen LogP contribution in [0, 0.1) is 5.92 Å². The molecule has 176 valence electrons. The summed E-state index contributed by atoms with van der Waals surface area (Å²) in [5.74, 6) is 1.52. The molecule has 0 atom stereocenters. The lowest BCUT2D eigenvalue weighted by atomic mass is 9.95. The quantitative estimate of drug-likeness (QED) is 0.456. The van der Waals surface area contributed by atoms with Gasteiger partial charge < -0.3 is 14.5 Å². The maximum Gasteiger partial charge on any atom is 0.225 e. The Balaban J connectivity index is 1.21. The number of piperidine rings is 1. The van der Waals surface area contributed by atoms with E-state index in [4.69, 9.17) is 4.74 Å². The van der Waals surface area contributed by atoms with E-state index >= 15 is 0 Å². The molecule has 0 bridgehead atoms. The van der Waals surface area contributed by atoms with Crippen molar-refractivity contribution in [3.63, 3.8) is 0 Å². The Morgan fingerprint density at radius 3 is 2.76 bits per heavy atom. The molecule has 0 spiro atoms. The number of amides is 1. The molecule has 1 saturated heterocycles. The number of anilines is 1. The first kappa shape index (κ1) is 23.0. The van der Waals surface area contributed by atoms with E-state index in [1.807, 2.05) is 19.2 Å². The van der Waals surface area contributed by atoms with Crippen molar-refractivity contribution in [3.05, 3.63) is 42.7 Å². The minimum Gasteiger partial charge on any atom is -0.493 e. The second-order valence-corrected chi connectivity index (χ2v) is 10.3. The number of benzene rings is 1. The lowest BCUT2D eigenvalue weighted by molar-refractivity contribution is -0.134. The van der Waals surface area contributed by atoms with Gasteiger partial charge in [-0.05, 0) is 49.6 Å². The molecule has 11 heteroatoms. The van der Waals surface area contributed by atoms with Gasteiger partial charge >= 0.3 is 0 Å². The van der Waals surface area contributed by atoms with E-state index in [9.17, 15) is 13.2 Å². The highest BCUT2D eigenvalue weighted by Gasteiger charge is 2.27. The molecule has 0 aliphatic carbocycles. The molecule has 3 heterocycles. The second kappa shape index (κ2) is 9.74. The molecule has 1 aliphatic rings. The van der Waals surface area contributed by atoms with E-state index in [0.29, 0.717) is 31.0 Å². The molecule has 1 aliphatic heterocycles. The summed E-state index contributed by atoms with van der Waals surface area (Å²) in [5, 5.41) is 12.4. The summed E-state index contributed by atoms with van der Waals surface area (Å²) in [6, 6.07) is 10.3. The van der Waals surface area contributed by atoms with Crippen LogP contribution in [-0.2, 0) is 14.6 Å². The zero-order valence-corrected chi connectivity index (χ0v) is 19.6. The van der Waals surface area contributed by atoms with Gasteiger partial charge in [-0.25, -0.2) is 8.42 Å². The van der Waals surface area contributed by atoms with Gasteiger partial charge in [0.1, 0.15) is 17.9 Å². The minimum atomic E-state index is -3.27. The summed E-state index contributed by atoms with van der Waals surface area (Å²) in [7, 11) is -1.45. The molecule has 3 aromatic rings. The Kier molecular flexibility index (Phi) is 6.77. The predicted molar refractivity (Wildman–Crippen MR) is 123 cm³/mol. The number of fused-ring (bicyclic) bond motifs is 1. The van der Waals surface area contributed by atoms with E-state index < -0.39 is 9.84 Å². The molecule has 10 nitrogen and oxygen atoms in total. The third kappa shape index (κ3) is 5.59.